The highest BCUT2D eigenvalue weighted by Gasteiger charge is 2.29. The molecule has 15 heavy (non-hydrogen) atoms. The molecular formula is C10H16N2O2S. The Balaban J connectivity index is 1.86. The summed E-state index contributed by atoms with van der Waals surface area (Å²) >= 11 is 1.49. The minimum atomic E-state index is -0.557. The maximum atomic E-state index is 10.2. The van der Waals surface area contributed by atoms with Gasteiger partial charge in [-0.2, -0.15) is 0 Å². The summed E-state index contributed by atoms with van der Waals surface area (Å²) in [5.41, 5.74) is 0.327. The highest BCUT2D eigenvalue weighted by molar-refractivity contribution is 7.99. The fraction of sp³-hybridized carbons (Fsp3) is 0.700. The van der Waals surface area contributed by atoms with Crippen LogP contribution in [-0.2, 0) is 0 Å². The van der Waals surface area contributed by atoms with Gasteiger partial charge in [0.1, 0.15) is 6.26 Å². The Labute approximate surface area is 93.5 Å². The lowest BCUT2D eigenvalue weighted by Crippen LogP contribution is -2.43. The Morgan fingerprint density at radius 2 is 2.33 bits per heavy atom. The average molecular weight is 228 g/mol. The maximum absolute atomic E-state index is 10.2. The largest absolute Gasteiger partial charge is 0.440 e. The van der Waals surface area contributed by atoms with Crippen molar-refractivity contribution in [3.05, 3.63) is 12.0 Å². The number of hydrogen-bond acceptors (Lipinski definition) is 5. The molecule has 1 aliphatic rings. The van der Waals surface area contributed by atoms with Gasteiger partial charge in [-0.25, -0.2) is 4.98 Å². The summed E-state index contributed by atoms with van der Waals surface area (Å²) in [5, 5.41) is 14.1. The molecule has 0 atom stereocenters. The van der Waals surface area contributed by atoms with E-state index >= 15 is 0 Å². The molecule has 1 aliphatic heterocycles. The standard InChI is InChI=1S/C10H16N2O2S/c1-8-6-14-9(12-8)15-7-10(13)2-4-11-5-3-10/h6,11,13H,2-5,7H2,1H3. The molecule has 2 heterocycles. The molecule has 1 aromatic heterocycles. The van der Waals surface area contributed by atoms with Crippen molar-refractivity contribution in [2.75, 3.05) is 18.8 Å². The second-order valence-electron chi connectivity index (χ2n) is 4.02. The van der Waals surface area contributed by atoms with Crippen LogP contribution < -0.4 is 5.32 Å². The van der Waals surface area contributed by atoms with E-state index in [0.29, 0.717) is 11.0 Å². The van der Waals surface area contributed by atoms with Crippen LogP contribution in [-0.4, -0.2) is 34.5 Å². The number of rotatable bonds is 3. The Hall–Kier alpha value is -0.520. The lowest BCUT2D eigenvalue weighted by Gasteiger charge is -2.31. The van der Waals surface area contributed by atoms with Crippen LogP contribution in [0.3, 0.4) is 0 Å². The van der Waals surface area contributed by atoms with Gasteiger partial charge < -0.3 is 14.8 Å². The Morgan fingerprint density at radius 1 is 1.60 bits per heavy atom. The molecule has 0 spiro atoms. The number of aromatic nitrogens is 1. The summed E-state index contributed by atoms with van der Waals surface area (Å²) in [6.45, 7) is 3.68. The van der Waals surface area contributed by atoms with Crippen molar-refractivity contribution in [3.63, 3.8) is 0 Å². The summed E-state index contributed by atoms with van der Waals surface area (Å²) < 4.78 is 5.23. The van der Waals surface area contributed by atoms with Gasteiger partial charge in [-0.3, -0.25) is 0 Å². The number of thioether (sulfide) groups is 1. The number of aryl methyl sites for hydroxylation is 1. The van der Waals surface area contributed by atoms with E-state index in [4.69, 9.17) is 4.42 Å². The van der Waals surface area contributed by atoms with E-state index in [1.165, 1.54) is 11.8 Å². The van der Waals surface area contributed by atoms with Crippen molar-refractivity contribution in [2.24, 2.45) is 0 Å². The summed E-state index contributed by atoms with van der Waals surface area (Å²) in [5.74, 6) is 0.661. The van der Waals surface area contributed by atoms with Crippen LogP contribution in [0.4, 0.5) is 0 Å². The van der Waals surface area contributed by atoms with Gasteiger partial charge >= 0.3 is 0 Å². The van der Waals surface area contributed by atoms with Crippen LogP contribution in [0.15, 0.2) is 15.9 Å². The predicted octanol–water partition coefficient (Wildman–Crippen LogP) is 1.19. The van der Waals surface area contributed by atoms with Crippen LogP contribution in [0.25, 0.3) is 0 Å². The van der Waals surface area contributed by atoms with Crippen molar-refractivity contribution in [3.8, 4) is 0 Å². The number of nitrogens with zero attached hydrogens (tertiary/aromatic N) is 1. The molecule has 5 heteroatoms. The molecule has 1 saturated heterocycles. The zero-order chi connectivity index (χ0) is 10.7. The predicted molar refractivity (Wildman–Crippen MR) is 59.0 cm³/mol. The number of piperidine rings is 1. The molecule has 0 radical (unpaired) electrons. The molecule has 4 nitrogen and oxygen atoms in total. The molecule has 0 aromatic carbocycles. The van der Waals surface area contributed by atoms with Gasteiger partial charge in [-0.15, -0.1) is 0 Å². The summed E-state index contributed by atoms with van der Waals surface area (Å²) in [4.78, 5) is 4.20. The quantitative estimate of drug-likeness (QED) is 0.761. The zero-order valence-corrected chi connectivity index (χ0v) is 9.64. The van der Waals surface area contributed by atoms with Crippen LogP contribution in [0.2, 0.25) is 0 Å². The molecule has 2 rings (SSSR count). The highest BCUT2D eigenvalue weighted by atomic mass is 32.2. The molecule has 1 aromatic rings. The molecule has 0 aliphatic carbocycles. The van der Waals surface area contributed by atoms with Gasteiger partial charge in [0.15, 0.2) is 0 Å². The first-order chi connectivity index (χ1) is 7.18. The average Bonchev–Trinajstić information content (AvgIpc) is 2.63. The van der Waals surface area contributed by atoms with Crippen molar-refractivity contribution < 1.29 is 9.52 Å². The van der Waals surface area contributed by atoms with Gasteiger partial charge in [-0.1, -0.05) is 11.8 Å². The smallest absolute Gasteiger partial charge is 0.255 e. The molecular weight excluding hydrogens is 212 g/mol. The van der Waals surface area contributed by atoms with E-state index in [9.17, 15) is 5.11 Å². The summed E-state index contributed by atoms with van der Waals surface area (Å²) in [6, 6.07) is 0. The van der Waals surface area contributed by atoms with Crippen LogP contribution in [0, 0.1) is 6.92 Å². The molecule has 0 unspecified atom stereocenters. The van der Waals surface area contributed by atoms with E-state index < -0.39 is 5.60 Å². The number of oxazole rings is 1. The summed E-state index contributed by atoms with van der Waals surface area (Å²) in [6.07, 6.45) is 3.24. The number of hydrogen-bond donors (Lipinski definition) is 2. The second kappa shape index (κ2) is 4.55. The second-order valence-corrected chi connectivity index (χ2v) is 4.94. The lowest BCUT2D eigenvalue weighted by atomic mass is 9.95. The monoisotopic (exact) mass is 228 g/mol. The zero-order valence-electron chi connectivity index (χ0n) is 8.82. The van der Waals surface area contributed by atoms with Gasteiger partial charge in [-0.05, 0) is 32.9 Å². The van der Waals surface area contributed by atoms with Gasteiger partial charge in [0.25, 0.3) is 5.22 Å². The third-order valence-electron chi connectivity index (χ3n) is 2.60. The van der Waals surface area contributed by atoms with Crippen molar-refractivity contribution in [2.45, 2.75) is 30.6 Å². The molecule has 0 saturated carbocycles. The van der Waals surface area contributed by atoms with E-state index in [0.717, 1.165) is 31.6 Å². The van der Waals surface area contributed by atoms with Crippen LogP contribution in [0.5, 0.6) is 0 Å². The number of nitrogens with one attached hydrogen (secondary N) is 1. The highest BCUT2D eigenvalue weighted by Crippen LogP contribution is 2.27. The van der Waals surface area contributed by atoms with Crippen molar-refractivity contribution in [1.29, 1.82) is 0 Å². The van der Waals surface area contributed by atoms with Crippen LogP contribution >= 0.6 is 11.8 Å². The molecule has 0 amide bonds. The van der Waals surface area contributed by atoms with E-state index in [-0.39, 0.29) is 0 Å². The fourth-order valence-corrected chi connectivity index (χ4v) is 2.64. The Kier molecular flexibility index (Phi) is 3.33. The van der Waals surface area contributed by atoms with E-state index in [1.54, 1.807) is 6.26 Å². The van der Waals surface area contributed by atoms with Crippen molar-refractivity contribution in [1.82, 2.24) is 10.3 Å². The number of aliphatic hydroxyl groups is 1. The first-order valence-electron chi connectivity index (χ1n) is 5.16. The third-order valence-corrected chi connectivity index (χ3v) is 3.71. The fourth-order valence-electron chi connectivity index (χ4n) is 1.63. The van der Waals surface area contributed by atoms with E-state index in [1.807, 2.05) is 6.92 Å². The molecule has 2 N–H and O–H groups in total. The maximum Gasteiger partial charge on any atom is 0.255 e. The Morgan fingerprint density at radius 3 is 2.93 bits per heavy atom. The SMILES string of the molecule is Cc1coc(SCC2(O)CCNCC2)n1. The molecule has 0 bridgehead atoms. The van der Waals surface area contributed by atoms with Crippen molar-refractivity contribution >= 4 is 11.8 Å². The lowest BCUT2D eigenvalue weighted by molar-refractivity contribution is 0.0337. The van der Waals surface area contributed by atoms with Gasteiger partial charge in [0.2, 0.25) is 0 Å². The molecule has 84 valence electrons. The molecule has 1 fully saturated rings. The van der Waals surface area contributed by atoms with Gasteiger partial charge in [0, 0.05) is 5.75 Å². The first kappa shape index (κ1) is 11.0. The van der Waals surface area contributed by atoms with E-state index in [2.05, 4.69) is 10.3 Å². The van der Waals surface area contributed by atoms with Crippen LogP contribution in [0.1, 0.15) is 18.5 Å². The Bertz CT molecular complexity index is 321. The minimum absolute atomic E-state index is 0.557. The van der Waals surface area contributed by atoms with Gasteiger partial charge in [0.05, 0.1) is 11.3 Å². The first-order valence-corrected chi connectivity index (χ1v) is 6.15. The normalized spacial score (nSPS) is 20.4. The summed E-state index contributed by atoms with van der Waals surface area (Å²) in [7, 11) is 0. The topological polar surface area (TPSA) is 58.3 Å². The third kappa shape index (κ3) is 2.96. The minimum Gasteiger partial charge on any atom is -0.440 e.